The fourth-order valence-corrected chi connectivity index (χ4v) is 8.29. The number of rotatable bonds is 1. The molecule has 0 aromatic heterocycles. The standard InChI is InChI=1S/C13H18OSi/c1-14-15-11-5-2-6-12(15)8-4-10-13(15)9-3-7-11/h5,8-9H,2-4,6-7,10H2,1H3. The zero-order valence-electron chi connectivity index (χ0n) is 9.38. The van der Waals surface area contributed by atoms with Gasteiger partial charge in [-0.2, -0.15) is 0 Å². The minimum atomic E-state index is -1.74. The third kappa shape index (κ3) is 1.18. The molecule has 0 saturated heterocycles. The average Bonchev–Trinajstić information content (AvgIpc) is 2.30. The van der Waals surface area contributed by atoms with Gasteiger partial charge >= 0.3 is 0 Å². The molecule has 3 heterocycles. The maximum Gasteiger partial charge on any atom is 0.274 e. The van der Waals surface area contributed by atoms with Gasteiger partial charge in [-0.05, 0) is 38.5 Å². The van der Waals surface area contributed by atoms with Gasteiger partial charge in [0.15, 0.2) is 0 Å². The molecule has 0 atom stereocenters. The summed E-state index contributed by atoms with van der Waals surface area (Å²) in [4.78, 5) is 0. The highest BCUT2D eigenvalue weighted by Crippen LogP contribution is 2.46. The molecule has 3 aliphatic heterocycles. The maximum atomic E-state index is 6.08. The summed E-state index contributed by atoms with van der Waals surface area (Å²) < 4.78 is 6.08. The Balaban J connectivity index is 2.21. The van der Waals surface area contributed by atoms with Gasteiger partial charge in [0.25, 0.3) is 8.32 Å². The van der Waals surface area contributed by atoms with Gasteiger partial charge in [0.2, 0.25) is 0 Å². The van der Waals surface area contributed by atoms with Crippen molar-refractivity contribution in [2.24, 2.45) is 0 Å². The number of hydrogen-bond acceptors (Lipinski definition) is 1. The van der Waals surface area contributed by atoms with E-state index < -0.39 is 8.32 Å². The van der Waals surface area contributed by atoms with E-state index in [1.54, 1.807) is 15.6 Å². The predicted octanol–water partition coefficient (Wildman–Crippen LogP) is 3.36. The molecule has 0 aromatic carbocycles. The van der Waals surface area contributed by atoms with Crippen LogP contribution in [0.2, 0.25) is 0 Å². The van der Waals surface area contributed by atoms with Crippen LogP contribution in [0.3, 0.4) is 0 Å². The minimum absolute atomic E-state index is 1.24. The van der Waals surface area contributed by atoms with Crippen molar-refractivity contribution in [3.8, 4) is 0 Å². The Morgan fingerprint density at radius 1 is 0.867 bits per heavy atom. The molecule has 15 heavy (non-hydrogen) atoms. The SMILES string of the molecule is CO[Si]12C3=CCCC1=CCCC2=CCC3. The Morgan fingerprint density at radius 3 is 1.60 bits per heavy atom. The molecule has 0 N–H and O–H groups in total. The summed E-state index contributed by atoms with van der Waals surface area (Å²) in [6.07, 6.45) is 14.9. The second-order valence-corrected chi connectivity index (χ2v) is 8.39. The molecular formula is C13H18OSi. The molecule has 0 spiro atoms. The topological polar surface area (TPSA) is 9.23 Å². The molecule has 0 aliphatic carbocycles. The Labute approximate surface area is 92.7 Å². The van der Waals surface area contributed by atoms with Crippen LogP contribution in [0.15, 0.2) is 33.8 Å². The molecule has 2 heteroatoms. The molecule has 0 amide bonds. The summed E-state index contributed by atoms with van der Waals surface area (Å²) in [5.74, 6) is 0. The molecule has 0 bridgehead atoms. The molecule has 0 fully saturated rings. The van der Waals surface area contributed by atoms with Crippen LogP contribution in [-0.2, 0) is 4.43 Å². The summed E-state index contributed by atoms with van der Waals surface area (Å²) in [6.45, 7) is 0. The van der Waals surface area contributed by atoms with Crippen LogP contribution in [-0.4, -0.2) is 15.4 Å². The van der Waals surface area contributed by atoms with E-state index in [2.05, 4.69) is 18.2 Å². The van der Waals surface area contributed by atoms with Crippen molar-refractivity contribution in [3.63, 3.8) is 0 Å². The Hall–Kier alpha value is -0.603. The molecule has 80 valence electrons. The van der Waals surface area contributed by atoms with Gasteiger partial charge in [-0.15, -0.1) is 0 Å². The summed E-state index contributed by atoms with van der Waals surface area (Å²) >= 11 is 0. The lowest BCUT2D eigenvalue weighted by Crippen LogP contribution is -2.49. The van der Waals surface area contributed by atoms with Crippen LogP contribution in [0.5, 0.6) is 0 Å². The molecule has 3 aliphatic rings. The van der Waals surface area contributed by atoms with E-state index in [1.165, 1.54) is 38.5 Å². The maximum absolute atomic E-state index is 6.08. The number of hydrogen-bond donors (Lipinski definition) is 0. The van der Waals surface area contributed by atoms with Crippen LogP contribution >= 0.6 is 0 Å². The lowest BCUT2D eigenvalue weighted by atomic mass is 10.1. The van der Waals surface area contributed by atoms with Crippen molar-refractivity contribution < 1.29 is 4.43 Å². The van der Waals surface area contributed by atoms with E-state index in [1.807, 2.05) is 7.11 Å². The molecule has 0 aromatic rings. The zero-order valence-corrected chi connectivity index (χ0v) is 10.4. The summed E-state index contributed by atoms with van der Waals surface area (Å²) in [5, 5.41) is 5.00. The van der Waals surface area contributed by atoms with Crippen molar-refractivity contribution in [1.29, 1.82) is 0 Å². The molecule has 0 unspecified atom stereocenters. The minimum Gasteiger partial charge on any atom is -0.408 e. The van der Waals surface area contributed by atoms with E-state index in [-0.39, 0.29) is 0 Å². The smallest absolute Gasteiger partial charge is 0.274 e. The monoisotopic (exact) mass is 218 g/mol. The van der Waals surface area contributed by atoms with Crippen molar-refractivity contribution in [2.45, 2.75) is 38.5 Å². The molecule has 1 nitrogen and oxygen atoms in total. The first-order valence-electron chi connectivity index (χ1n) is 6.01. The first-order chi connectivity index (χ1) is 7.38. The van der Waals surface area contributed by atoms with E-state index in [9.17, 15) is 0 Å². The zero-order chi connectivity index (χ0) is 10.3. The van der Waals surface area contributed by atoms with E-state index in [0.29, 0.717) is 0 Å². The van der Waals surface area contributed by atoms with Crippen LogP contribution in [0.4, 0.5) is 0 Å². The van der Waals surface area contributed by atoms with Gasteiger partial charge < -0.3 is 4.43 Å². The molecule has 0 radical (unpaired) electrons. The van der Waals surface area contributed by atoms with Crippen LogP contribution < -0.4 is 0 Å². The van der Waals surface area contributed by atoms with Gasteiger partial charge in [-0.25, -0.2) is 0 Å². The van der Waals surface area contributed by atoms with E-state index >= 15 is 0 Å². The molecular weight excluding hydrogens is 200 g/mol. The van der Waals surface area contributed by atoms with Crippen LogP contribution in [0, 0.1) is 0 Å². The van der Waals surface area contributed by atoms with Crippen molar-refractivity contribution in [3.05, 3.63) is 33.8 Å². The fraction of sp³-hybridized carbons (Fsp3) is 0.538. The third-order valence-corrected chi connectivity index (χ3v) is 8.76. The lowest BCUT2D eigenvalue weighted by molar-refractivity contribution is 0.404. The van der Waals surface area contributed by atoms with Gasteiger partial charge in [0.1, 0.15) is 0 Å². The van der Waals surface area contributed by atoms with Gasteiger partial charge in [-0.1, -0.05) is 33.8 Å². The largest absolute Gasteiger partial charge is 0.408 e. The first-order valence-corrected chi connectivity index (χ1v) is 7.92. The highest BCUT2D eigenvalue weighted by molar-refractivity contribution is 6.94. The van der Waals surface area contributed by atoms with E-state index in [4.69, 9.17) is 4.43 Å². The van der Waals surface area contributed by atoms with Crippen molar-refractivity contribution >= 4 is 8.32 Å². The molecule has 3 rings (SSSR count). The van der Waals surface area contributed by atoms with Crippen molar-refractivity contribution in [1.82, 2.24) is 0 Å². The first kappa shape index (κ1) is 9.61. The Morgan fingerprint density at radius 2 is 1.27 bits per heavy atom. The highest BCUT2D eigenvalue weighted by atomic mass is 28.4. The van der Waals surface area contributed by atoms with Crippen LogP contribution in [0.25, 0.3) is 0 Å². The summed E-state index contributed by atoms with van der Waals surface area (Å²) in [5.41, 5.74) is 0. The average molecular weight is 218 g/mol. The lowest BCUT2D eigenvalue weighted by Gasteiger charge is -2.44. The van der Waals surface area contributed by atoms with Crippen LogP contribution in [0.1, 0.15) is 38.5 Å². The van der Waals surface area contributed by atoms with E-state index in [0.717, 1.165) is 0 Å². The fourth-order valence-electron chi connectivity index (χ4n) is 3.48. The van der Waals surface area contributed by atoms with Gasteiger partial charge in [0, 0.05) is 7.11 Å². The van der Waals surface area contributed by atoms with Gasteiger partial charge in [-0.3, -0.25) is 0 Å². The second kappa shape index (κ2) is 3.46. The third-order valence-electron chi connectivity index (χ3n) is 4.08. The summed E-state index contributed by atoms with van der Waals surface area (Å²) in [7, 11) is 0.198. The molecule has 0 saturated carbocycles. The quantitative estimate of drug-likeness (QED) is 0.613. The second-order valence-electron chi connectivity index (χ2n) is 4.69. The highest BCUT2D eigenvalue weighted by Gasteiger charge is 2.48. The number of allylic oxidation sites excluding steroid dienone is 6. The normalized spacial score (nSPS) is 27.4. The Bertz CT molecular complexity index is 321. The van der Waals surface area contributed by atoms with Crippen molar-refractivity contribution in [2.75, 3.05) is 7.11 Å². The van der Waals surface area contributed by atoms with Gasteiger partial charge in [0.05, 0.1) is 0 Å². The summed E-state index contributed by atoms with van der Waals surface area (Å²) in [6, 6.07) is 0. The Kier molecular flexibility index (Phi) is 2.22. The predicted molar refractivity (Wildman–Crippen MR) is 64.7 cm³/mol.